The first-order valence-corrected chi connectivity index (χ1v) is 16.7. The third-order valence-electron chi connectivity index (χ3n) is 7.90. The van der Waals surface area contributed by atoms with Gasteiger partial charge in [-0.05, 0) is 50.8 Å². The Labute approximate surface area is 289 Å². The first kappa shape index (κ1) is 34.6. The number of pyridine rings is 2. The maximum Gasteiger partial charge on any atom is 0.246 e. The average molecular weight is 690 g/mol. The highest BCUT2D eigenvalue weighted by atomic mass is 35.5. The summed E-state index contributed by atoms with van der Waals surface area (Å²) in [6.07, 6.45) is 7.67. The van der Waals surface area contributed by atoms with E-state index in [1.54, 1.807) is 13.2 Å². The lowest BCUT2D eigenvalue weighted by Crippen LogP contribution is -2.58. The zero-order chi connectivity index (χ0) is 34.2. The quantitative estimate of drug-likeness (QED) is 0.154. The first-order valence-electron chi connectivity index (χ1n) is 15.5. The number of fused-ring (bicyclic) bond motifs is 3. The number of benzene rings is 1. The van der Waals surface area contributed by atoms with Gasteiger partial charge in [-0.15, -0.1) is 0 Å². The van der Waals surface area contributed by atoms with Gasteiger partial charge in [-0.1, -0.05) is 41.1 Å². The Hall–Kier alpha value is -4.72. The van der Waals surface area contributed by atoms with Crippen molar-refractivity contribution < 1.29 is 14.3 Å². The van der Waals surface area contributed by atoms with Crippen molar-refractivity contribution in [3.05, 3.63) is 76.4 Å². The molecule has 1 fully saturated rings. The van der Waals surface area contributed by atoms with Gasteiger partial charge >= 0.3 is 0 Å². The van der Waals surface area contributed by atoms with Gasteiger partial charge < -0.3 is 35.4 Å². The molecule has 1 saturated heterocycles. The second-order valence-corrected chi connectivity index (χ2v) is 13.0. The van der Waals surface area contributed by atoms with Crippen LogP contribution in [0.5, 0.6) is 5.75 Å². The first-order chi connectivity index (χ1) is 23.2. The number of ether oxygens (including phenoxy) is 1. The summed E-state index contributed by atoms with van der Waals surface area (Å²) in [7, 11) is 7.40. The Morgan fingerprint density at radius 1 is 1.21 bits per heavy atom. The number of hydrogen-bond acceptors (Lipinski definition) is 12. The summed E-state index contributed by atoms with van der Waals surface area (Å²) >= 11 is 7.11. The van der Waals surface area contributed by atoms with Gasteiger partial charge in [0.2, 0.25) is 5.91 Å². The molecule has 2 aliphatic rings. The number of piperazine rings is 1. The van der Waals surface area contributed by atoms with Crippen LogP contribution in [-0.4, -0.2) is 104 Å². The number of para-hydroxylation sites is 1. The Bertz CT molecular complexity index is 1760. The number of thiazole rings is 1. The van der Waals surface area contributed by atoms with E-state index >= 15 is 0 Å². The number of halogens is 1. The number of rotatable bonds is 9. The van der Waals surface area contributed by atoms with Crippen LogP contribution in [0.15, 0.2) is 60.9 Å². The van der Waals surface area contributed by atoms with Crippen LogP contribution >= 0.6 is 22.9 Å². The fourth-order valence-corrected chi connectivity index (χ4v) is 6.42. The van der Waals surface area contributed by atoms with Crippen LogP contribution in [0.1, 0.15) is 15.2 Å². The van der Waals surface area contributed by atoms with Crippen molar-refractivity contribution >= 4 is 63.3 Å². The highest BCUT2D eigenvalue weighted by Gasteiger charge is 2.34. The SMILES string of the molecule is CNc1c(C)cccc1Cl.COc1ccc(-c2cnc3c(c2)NCC2CN(C(=O)/C=C/CN(C)C)CCN32)nc1Nc1ncc(C=O)s1. The zero-order valence-corrected chi connectivity index (χ0v) is 29.2. The number of anilines is 5. The summed E-state index contributed by atoms with van der Waals surface area (Å²) in [6, 6.07) is 11.8. The largest absolute Gasteiger partial charge is 0.493 e. The molecule has 0 spiro atoms. The number of carbonyl (C=O) groups is 2. The van der Waals surface area contributed by atoms with E-state index in [9.17, 15) is 9.59 Å². The molecule has 0 bridgehead atoms. The van der Waals surface area contributed by atoms with E-state index in [-0.39, 0.29) is 11.9 Å². The van der Waals surface area contributed by atoms with Gasteiger partial charge in [0.25, 0.3) is 0 Å². The Morgan fingerprint density at radius 3 is 2.73 bits per heavy atom. The van der Waals surface area contributed by atoms with Gasteiger partial charge in [-0.3, -0.25) is 9.59 Å². The zero-order valence-electron chi connectivity index (χ0n) is 27.7. The number of carbonyl (C=O) groups excluding carboxylic acids is 2. The highest BCUT2D eigenvalue weighted by Crippen LogP contribution is 2.36. The van der Waals surface area contributed by atoms with E-state index in [1.165, 1.54) is 23.1 Å². The van der Waals surface area contributed by atoms with Crippen molar-refractivity contribution in [1.82, 2.24) is 24.8 Å². The Morgan fingerprint density at radius 2 is 2.04 bits per heavy atom. The molecule has 252 valence electrons. The normalized spacial score (nSPS) is 15.2. The van der Waals surface area contributed by atoms with Crippen molar-refractivity contribution in [1.29, 1.82) is 0 Å². The van der Waals surface area contributed by atoms with E-state index < -0.39 is 0 Å². The predicted molar refractivity (Wildman–Crippen MR) is 194 cm³/mol. The molecule has 0 aliphatic carbocycles. The number of aryl methyl sites for hydroxylation is 1. The van der Waals surface area contributed by atoms with Crippen LogP contribution in [0, 0.1) is 6.92 Å². The standard InChI is InChI=1S/C26H30N8O3S.C8H10ClN/c1-32(2)8-4-5-23(36)33-9-10-34-18(15-33)13-27-21-11-17(12-28-25(21)34)20-6-7-22(37-3)24(30-20)31-26-29-14-19(16-35)38-26;1-6-4-3-5-7(9)8(6)10-2/h4-7,11-12,14,16,18,27H,8-10,13,15H2,1-3H3,(H,29,30,31);3-5,10H,1-2H3/b5-4+;. The lowest BCUT2D eigenvalue weighted by atomic mass is 10.1. The number of methoxy groups -OCH3 is 1. The molecule has 2 aliphatic heterocycles. The van der Waals surface area contributed by atoms with E-state index in [0.29, 0.717) is 34.7 Å². The lowest BCUT2D eigenvalue weighted by molar-refractivity contribution is -0.126. The van der Waals surface area contributed by atoms with Crippen molar-refractivity contribution in [3.63, 3.8) is 0 Å². The molecule has 48 heavy (non-hydrogen) atoms. The summed E-state index contributed by atoms with van der Waals surface area (Å²) in [5.74, 6) is 2.00. The highest BCUT2D eigenvalue weighted by molar-refractivity contribution is 7.17. The van der Waals surface area contributed by atoms with Crippen molar-refractivity contribution in [3.8, 4) is 17.0 Å². The second kappa shape index (κ2) is 15.9. The summed E-state index contributed by atoms with van der Waals surface area (Å²) in [4.78, 5) is 44.1. The van der Waals surface area contributed by atoms with Crippen LogP contribution in [0.4, 0.5) is 28.1 Å². The molecule has 4 aromatic rings. The van der Waals surface area contributed by atoms with Crippen LogP contribution in [0.25, 0.3) is 11.3 Å². The number of amides is 1. The number of likely N-dealkylation sites (N-methyl/N-ethyl adjacent to an activating group) is 1. The minimum atomic E-state index is 0.0516. The third kappa shape index (κ3) is 8.22. The second-order valence-electron chi connectivity index (χ2n) is 11.5. The molecule has 0 saturated carbocycles. The third-order valence-corrected chi connectivity index (χ3v) is 9.06. The van der Waals surface area contributed by atoms with Gasteiger partial charge in [-0.25, -0.2) is 15.0 Å². The maximum atomic E-state index is 12.6. The molecule has 14 heteroatoms. The number of aldehydes is 1. The molecule has 1 atom stereocenters. The number of nitrogens with zero attached hydrogens (tertiary/aromatic N) is 6. The molecule has 5 heterocycles. The van der Waals surface area contributed by atoms with Crippen LogP contribution < -0.4 is 25.6 Å². The molecule has 1 unspecified atom stereocenters. The van der Waals surface area contributed by atoms with E-state index in [2.05, 4.69) is 25.8 Å². The van der Waals surface area contributed by atoms with Crippen molar-refractivity contribution in [2.45, 2.75) is 13.0 Å². The molecular formula is C34H40ClN9O3S. The molecule has 6 rings (SSSR count). The van der Waals surface area contributed by atoms with Crippen molar-refractivity contribution in [2.24, 2.45) is 0 Å². The molecule has 3 N–H and O–H groups in total. The summed E-state index contributed by atoms with van der Waals surface area (Å²) in [5, 5.41) is 11.0. The molecule has 0 radical (unpaired) electrons. The molecule has 12 nitrogen and oxygen atoms in total. The molecule has 1 aromatic carbocycles. The number of aromatic nitrogens is 3. The number of hydrogen-bond donors (Lipinski definition) is 3. The van der Waals surface area contributed by atoms with E-state index in [4.69, 9.17) is 26.3 Å². The lowest BCUT2D eigenvalue weighted by Gasteiger charge is -2.45. The molecular weight excluding hydrogens is 650 g/mol. The van der Waals surface area contributed by atoms with E-state index in [0.717, 1.165) is 59.4 Å². The smallest absolute Gasteiger partial charge is 0.246 e. The van der Waals surface area contributed by atoms with Gasteiger partial charge in [-0.2, -0.15) is 0 Å². The maximum absolute atomic E-state index is 12.6. The van der Waals surface area contributed by atoms with Gasteiger partial charge in [0.05, 0.1) is 46.3 Å². The Balaban J connectivity index is 0.000000387. The molecule has 3 aromatic heterocycles. The van der Waals surface area contributed by atoms with Crippen LogP contribution in [0.3, 0.4) is 0 Å². The topological polar surface area (TPSA) is 128 Å². The van der Waals surface area contributed by atoms with E-state index in [1.807, 2.05) is 86.5 Å². The van der Waals surface area contributed by atoms with Gasteiger partial charge in [0.1, 0.15) is 0 Å². The predicted octanol–water partition coefficient (Wildman–Crippen LogP) is 5.42. The number of nitrogens with one attached hydrogen (secondary N) is 3. The fourth-order valence-electron chi connectivity index (χ4n) is 5.47. The summed E-state index contributed by atoms with van der Waals surface area (Å²) in [5.41, 5.74) is 4.71. The minimum Gasteiger partial charge on any atom is -0.493 e. The average Bonchev–Trinajstić information content (AvgIpc) is 3.55. The monoisotopic (exact) mass is 689 g/mol. The van der Waals surface area contributed by atoms with Crippen LogP contribution in [-0.2, 0) is 4.79 Å². The van der Waals surface area contributed by atoms with Gasteiger partial charge in [0.15, 0.2) is 28.8 Å². The molecule has 1 amide bonds. The Kier molecular flexibility index (Phi) is 11.5. The summed E-state index contributed by atoms with van der Waals surface area (Å²) in [6.45, 7) is 5.52. The van der Waals surface area contributed by atoms with Crippen molar-refractivity contribution in [2.75, 3.05) is 81.8 Å². The van der Waals surface area contributed by atoms with Crippen LogP contribution in [0.2, 0.25) is 5.02 Å². The minimum absolute atomic E-state index is 0.0516. The van der Waals surface area contributed by atoms with Gasteiger partial charge in [0, 0.05) is 57.6 Å². The summed E-state index contributed by atoms with van der Waals surface area (Å²) < 4.78 is 5.46. The fraction of sp³-hybridized carbons (Fsp3) is 0.324.